The Balaban J connectivity index is 1.86. The van der Waals surface area contributed by atoms with Gasteiger partial charge in [-0.25, -0.2) is 0 Å². The van der Waals surface area contributed by atoms with Crippen LogP contribution in [-0.4, -0.2) is 25.0 Å². The minimum atomic E-state index is 0.426. The molecular formula is C14H17NO2. The van der Waals surface area contributed by atoms with Gasteiger partial charge in [0.25, 0.3) is 0 Å². The van der Waals surface area contributed by atoms with Crippen LogP contribution in [0.15, 0.2) is 24.3 Å². The number of carbonyl (C=O) groups is 1. The molecule has 2 aliphatic heterocycles. The molecule has 0 aromatic heterocycles. The number of ketones is 1. The number of ether oxygens (including phenoxy) is 1. The van der Waals surface area contributed by atoms with Crippen LogP contribution in [0.4, 0.5) is 5.69 Å². The van der Waals surface area contributed by atoms with Crippen LogP contribution in [0.3, 0.4) is 0 Å². The molecule has 3 nitrogen and oxygen atoms in total. The summed E-state index contributed by atoms with van der Waals surface area (Å²) in [6, 6.07) is 9.03. The number of carbonyl (C=O) groups excluding carboxylic acids is 1. The van der Waals surface area contributed by atoms with Crippen molar-refractivity contribution in [1.82, 2.24) is 0 Å². The first-order chi connectivity index (χ1) is 8.28. The van der Waals surface area contributed by atoms with E-state index in [1.165, 1.54) is 5.69 Å². The molecule has 2 fully saturated rings. The molecule has 90 valence electrons. The Hall–Kier alpha value is -1.51. The van der Waals surface area contributed by atoms with Gasteiger partial charge in [0, 0.05) is 30.6 Å². The standard InChI is InChI=1S/C14H17NO2/c1-17-14-6-4-10(5-7-14)15-11-2-3-12(15)9-13(16)8-11/h4-7,11-12H,2-3,8-9H2,1H3/t11-,12+. The number of Topliss-reactive ketones (excluding diaryl/α,β-unsaturated/α-hetero) is 1. The smallest absolute Gasteiger partial charge is 0.137 e. The van der Waals surface area contributed by atoms with Gasteiger partial charge in [0.1, 0.15) is 11.5 Å². The van der Waals surface area contributed by atoms with Gasteiger partial charge in [-0.1, -0.05) is 0 Å². The highest BCUT2D eigenvalue weighted by atomic mass is 16.5. The third kappa shape index (κ3) is 1.79. The molecule has 0 amide bonds. The second kappa shape index (κ2) is 4.06. The van der Waals surface area contributed by atoms with Crippen LogP contribution in [0.25, 0.3) is 0 Å². The van der Waals surface area contributed by atoms with Crippen molar-refractivity contribution in [3.8, 4) is 5.75 Å². The molecule has 0 unspecified atom stereocenters. The van der Waals surface area contributed by atoms with Crippen molar-refractivity contribution in [2.75, 3.05) is 12.0 Å². The van der Waals surface area contributed by atoms with Gasteiger partial charge < -0.3 is 9.64 Å². The van der Waals surface area contributed by atoms with Crippen molar-refractivity contribution in [1.29, 1.82) is 0 Å². The number of hydrogen-bond acceptors (Lipinski definition) is 3. The Morgan fingerprint density at radius 2 is 1.71 bits per heavy atom. The summed E-state index contributed by atoms with van der Waals surface area (Å²) in [4.78, 5) is 14.0. The van der Waals surface area contributed by atoms with E-state index in [2.05, 4.69) is 17.0 Å². The Bertz CT molecular complexity index is 410. The molecule has 2 atom stereocenters. The summed E-state index contributed by atoms with van der Waals surface area (Å²) in [6.45, 7) is 0. The highest BCUT2D eigenvalue weighted by Gasteiger charge is 2.39. The summed E-state index contributed by atoms with van der Waals surface area (Å²) in [5.41, 5.74) is 1.23. The first kappa shape index (κ1) is 10.6. The largest absolute Gasteiger partial charge is 0.497 e. The van der Waals surface area contributed by atoms with E-state index in [4.69, 9.17) is 4.74 Å². The van der Waals surface area contributed by atoms with Crippen molar-refractivity contribution < 1.29 is 9.53 Å². The van der Waals surface area contributed by atoms with Crippen molar-refractivity contribution in [3.63, 3.8) is 0 Å². The number of hydrogen-bond donors (Lipinski definition) is 0. The first-order valence-electron chi connectivity index (χ1n) is 6.22. The lowest BCUT2D eigenvalue weighted by Crippen LogP contribution is -2.43. The third-order valence-electron chi connectivity index (χ3n) is 3.92. The fraction of sp³-hybridized carbons (Fsp3) is 0.500. The number of rotatable bonds is 2. The molecule has 2 aliphatic rings. The fourth-order valence-corrected chi connectivity index (χ4v) is 3.15. The zero-order chi connectivity index (χ0) is 11.8. The summed E-state index contributed by atoms with van der Waals surface area (Å²) in [7, 11) is 1.68. The van der Waals surface area contributed by atoms with Crippen molar-refractivity contribution in [3.05, 3.63) is 24.3 Å². The fourth-order valence-electron chi connectivity index (χ4n) is 3.15. The molecule has 0 N–H and O–H groups in total. The first-order valence-corrected chi connectivity index (χ1v) is 6.22. The lowest BCUT2D eigenvalue weighted by atomic mass is 10.0. The van der Waals surface area contributed by atoms with Crippen LogP contribution < -0.4 is 9.64 Å². The lowest BCUT2D eigenvalue weighted by Gasteiger charge is -2.36. The van der Waals surface area contributed by atoms with E-state index >= 15 is 0 Å². The maximum atomic E-state index is 11.6. The molecule has 0 radical (unpaired) electrons. The van der Waals surface area contributed by atoms with E-state index in [9.17, 15) is 4.79 Å². The topological polar surface area (TPSA) is 29.5 Å². The summed E-state index contributed by atoms with van der Waals surface area (Å²) < 4.78 is 5.17. The van der Waals surface area contributed by atoms with E-state index in [1.807, 2.05) is 12.1 Å². The molecule has 3 heteroatoms. The number of nitrogens with zero attached hydrogens (tertiary/aromatic N) is 1. The summed E-state index contributed by atoms with van der Waals surface area (Å²) in [6.07, 6.45) is 3.76. The van der Waals surface area contributed by atoms with E-state index in [0.717, 1.165) is 31.4 Å². The molecule has 1 aromatic carbocycles. The number of methoxy groups -OCH3 is 1. The van der Waals surface area contributed by atoms with Crippen LogP contribution >= 0.6 is 0 Å². The minimum absolute atomic E-state index is 0.426. The Labute approximate surface area is 101 Å². The maximum Gasteiger partial charge on any atom is 0.137 e. The molecule has 17 heavy (non-hydrogen) atoms. The lowest BCUT2D eigenvalue weighted by molar-refractivity contribution is -0.120. The van der Waals surface area contributed by atoms with Gasteiger partial charge in [-0.15, -0.1) is 0 Å². The predicted octanol–water partition coefficient (Wildman–Crippen LogP) is 2.40. The molecular weight excluding hydrogens is 214 g/mol. The second-order valence-corrected chi connectivity index (χ2v) is 4.94. The second-order valence-electron chi connectivity index (χ2n) is 4.94. The highest BCUT2D eigenvalue weighted by Crippen LogP contribution is 2.38. The van der Waals surface area contributed by atoms with Gasteiger partial charge in [-0.2, -0.15) is 0 Å². The summed E-state index contributed by atoms with van der Waals surface area (Å²) >= 11 is 0. The predicted molar refractivity (Wildman–Crippen MR) is 66.5 cm³/mol. The van der Waals surface area contributed by atoms with Crippen LogP contribution in [0, 0.1) is 0 Å². The SMILES string of the molecule is COc1ccc(N2[C@@H]3CC[C@H]2CC(=O)C3)cc1. The quantitative estimate of drug-likeness (QED) is 0.782. The average molecular weight is 231 g/mol. The highest BCUT2D eigenvalue weighted by molar-refractivity contribution is 5.83. The molecule has 0 saturated carbocycles. The third-order valence-corrected chi connectivity index (χ3v) is 3.92. The van der Waals surface area contributed by atoms with Gasteiger partial charge in [0.2, 0.25) is 0 Å². The van der Waals surface area contributed by atoms with E-state index in [1.54, 1.807) is 7.11 Å². The Morgan fingerprint density at radius 1 is 1.12 bits per heavy atom. The average Bonchev–Trinajstić information content (AvgIpc) is 2.62. The molecule has 2 saturated heterocycles. The maximum absolute atomic E-state index is 11.6. The Morgan fingerprint density at radius 3 is 2.24 bits per heavy atom. The van der Waals surface area contributed by atoms with Gasteiger partial charge in [-0.05, 0) is 37.1 Å². The van der Waals surface area contributed by atoms with E-state index in [-0.39, 0.29) is 0 Å². The number of benzene rings is 1. The van der Waals surface area contributed by atoms with Crippen LogP contribution in [0.2, 0.25) is 0 Å². The van der Waals surface area contributed by atoms with Gasteiger partial charge in [0.15, 0.2) is 0 Å². The van der Waals surface area contributed by atoms with E-state index in [0.29, 0.717) is 17.9 Å². The summed E-state index contributed by atoms with van der Waals surface area (Å²) in [5.74, 6) is 1.32. The summed E-state index contributed by atoms with van der Waals surface area (Å²) in [5, 5.41) is 0. The molecule has 0 spiro atoms. The van der Waals surface area contributed by atoms with Crippen LogP contribution in [0.1, 0.15) is 25.7 Å². The van der Waals surface area contributed by atoms with Crippen molar-refractivity contribution in [2.24, 2.45) is 0 Å². The van der Waals surface area contributed by atoms with Crippen LogP contribution in [-0.2, 0) is 4.79 Å². The van der Waals surface area contributed by atoms with E-state index < -0.39 is 0 Å². The molecule has 1 aromatic rings. The van der Waals surface area contributed by atoms with Crippen molar-refractivity contribution >= 4 is 11.5 Å². The molecule has 3 rings (SSSR count). The zero-order valence-electron chi connectivity index (χ0n) is 10.1. The normalized spacial score (nSPS) is 27.4. The number of fused-ring (bicyclic) bond motifs is 2. The number of anilines is 1. The molecule has 2 bridgehead atoms. The minimum Gasteiger partial charge on any atom is -0.497 e. The van der Waals surface area contributed by atoms with Crippen LogP contribution in [0.5, 0.6) is 5.75 Å². The number of piperidine rings is 1. The van der Waals surface area contributed by atoms with Gasteiger partial charge >= 0.3 is 0 Å². The monoisotopic (exact) mass is 231 g/mol. The Kier molecular flexibility index (Phi) is 2.54. The van der Waals surface area contributed by atoms with Gasteiger partial charge in [0.05, 0.1) is 7.11 Å². The zero-order valence-corrected chi connectivity index (χ0v) is 10.1. The molecule has 2 heterocycles. The molecule has 0 aliphatic carbocycles. The van der Waals surface area contributed by atoms with Crippen molar-refractivity contribution in [2.45, 2.75) is 37.8 Å². The van der Waals surface area contributed by atoms with Gasteiger partial charge in [-0.3, -0.25) is 4.79 Å².